The molecular weight excluding hydrogens is 354 g/mol. The molecule has 26 heavy (non-hydrogen) atoms. The molecule has 0 bridgehead atoms. The van der Waals surface area contributed by atoms with Crippen LogP contribution in [0.15, 0.2) is 24.3 Å². The lowest BCUT2D eigenvalue weighted by Crippen LogP contribution is -2.37. The van der Waals surface area contributed by atoms with E-state index in [1.165, 1.54) is 0 Å². The Bertz CT molecular complexity index is 793. The average Bonchev–Trinajstić information content (AvgIpc) is 2.63. The lowest BCUT2D eigenvalue weighted by Gasteiger charge is -2.28. The molecule has 0 saturated carbocycles. The number of rotatable bonds is 4. The number of amides is 2. The number of anilines is 2. The molecule has 1 aromatic heterocycles. The van der Waals surface area contributed by atoms with Crippen molar-refractivity contribution in [3.05, 3.63) is 46.4 Å². The van der Waals surface area contributed by atoms with Crippen LogP contribution in [0.5, 0.6) is 0 Å². The number of hydrogen-bond donors (Lipinski definition) is 2. The molecule has 1 aliphatic rings. The van der Waals surface area contributed by atoms with E-state index in [9.17, 15) is 4.79 Å². The number of benzene rings is 1. The maximum Gasteiger partial charge on any atom is 0.319 e. The van der Waals surface area contributed by atoms with Crippen LogP contribution in [0.25, 0.3) is 0 Å². The summed E-state index contributed by atoms with van der Waals surface area (Å²) < 4.78 is 5.37. The van der Waals surface area contributed by atoms with Gasteiger partial charge in [-0.25, -0.2) is 14.8 Å². The maximum absolute atomic E-state index is 12.1. The predicted molar refractivity (Wildman–Crippen MR) is 102 cm³/mol. The Balaban J connectivity index is 1.60. The lowest BCUT2D eigenvalue weighted by atomic mass is 10.2. The molecule has 0 atom stereocenters. The van der Waals surface area contributed by atoms with Crippen LogP contribution in [0.4, 0.5) is 16.3 Å². The topological polar surface area (TPSA) is 79.4 Å². The van der Waals surface area contributed by atoms with Crippen LogP contribution in [0.3, 0.4) is 0 Å². The van der Waals surface area contributed by atoms with E-state index in [1.807, 2.05) is 26.0 Å². The van der Waals surface area contributed by atoms with Gasteiger partial charge in [0.1, 0.15) is 11.6 Å². The SMILES string of the molecule is Cc1cc(N2CCOCC2)nc(CNC(=O)Nc2ccc(C)c(Cl)c2)n1. The number of morpholine rings is 1. The van der Waals surface area contributed by atoms with E-state index >= 15 is 0 Å². The number of carbonyl (C=O) groups excluding carboxylic acids is 1. The molecule has 2 aromatic rings. The van der Waals surface area contributed by atoms with Crippen molar-refractivity contribution >= 4 is 29.1 Å². The van der Waals surface area contributed by atoms with Gasteiger partial charge in [-0.05, 0) is 31.5 Å². The van der Waals surface area contributed by atoms with E-state index in [4.69, 9.17) is 16.3 Å². The van der Waals surface area contributed by atoms with Gasteiger partial charge in [-0.1, -0.05) is 17.7 Å². The lowest BCUT2D eigenvalue weighted by molar-refractivity contribution is 0.122. The fraction of sp³-hybridized carbons (Fsp3) is 0.389. The van der Waals surface area contributed by atoms with Crippen molar-refractivity contribution in [2.24, 2.45) is 0 Å². The fourth-order valence-electron chi connectivity index (χ4n) is 2.65. The summed E-state index contributed by atoms with van der Waals surface area (Å²) in [4.78, 5) is 23.2. The molecule has 7 nitrogen and oxygen atoms in total. The Morgan fingerprint density at radius 1 is 1.23 bits per heavy atom. The van der Waals surface area contributed by atoms with E-state index in [2.05, 4.69) is 25.5 Å². The van der Waals surface area contributed by atoms with Gasteiger partial charge in [0, 0.05) is 35.6 Å². The van der Waals surface area contributed by atoms with E-state index in [0.29, 0.717) is 29.7 Å². The zero-order valence-electron chi connectivity index (χ0n) is 14.9. The van der Waals surface area contributed by atoms with Gasteiger partial charge in [0.05, 0.1) is 19.8 Å². The normalized spacial score (nSPS) is 14.2. The van der Waals surface area contributed by atoms with E-state index in [1.54, 1.807) is 12.1 Å². The predicted octanol–water partition coefficient (Wildman–Crippen LogP) is 2.91. The van der Waals surface area contributed by atoms with E-state index < -0.39 is 0 Å². The van der Waals surface area contributed by atoms with Gasteiger partial charge in [0.2, 0.25) is 0 Å². The van der Waals surface area contributed by atoms with Crippen LogP contribution >= 0.6 is 11.6 Å². The largest absolute Gasteiger partial charge is 0.378 e. The van der Waals surface area contributed by atoms with Crippen LogP contribution in [-0.4, -0.2) is 42.3 Å². The van der Waals surface area contributed by atoms with Gasteiger partial charge >= 0.3 is 6.03 Å². The first-order valence-electron chi connectivity index (χ1n) is 8.49. The summed E-state index contributed by atoms with van der Waals surface area (Å²) in [5.41, 5.74) is 2.46. The molecule has 1 aromatic carbocycles. The molecule has 138 valence electrons. The first-order valence-corrected chi connectivity index (χ1v) is 8.87. The average molecular weight is 376 g/mol. The third-order valence-electron chi connectivity index (χ3n) is 4.06. The number of halogens is 1. The minimum absolute atomic E-state index is 0.241. The van der Waals surface area contributed by atoms with Gasteiger partial charge in [-0.2, -0.15) is 0 Å². The van der Waals surface area contributed by atoms with Gasteiger partial charge in [-0.15, -0.1) is 0 Å². The number of ether oxygens (including phenoxy) is 1. The van der Waals surface area contributed by atoms with Crippen LogP contribution < -0.4 is 15.5 Å². The minimum atomic E-state index is -0.331. The van der Waals surface area contributed by atoms with Crippen LogP contribution in [0.2, 0.25) is 5.02 Å². The van der Waals surface area contributed by atoms with E-state index in [-0.39, 0.29) is 12.6 Å². The molecule has 0 spiro atoms. The smallest absolute Gasteiger partial charge is 0.319 e. The molecular formula is C18H22ClN5O2. The van der Waals surface area contributed by atoms with Crippen LogP contribution in [0, 0.1) is 13.8 Å². The highest BCUT2D eigenvalue weighted by Gasteiger charge is 2.14. The summed E-state index contributed by atoms with van der Waals surface area (Å²) >= 11 is 6.07. The highest BCUT2D eigenvalue weighted by molar-refractivity contribution is 6.31. The van der Waals surface area contributed by atoms with Crippen molar-refractivity contribution < 1.29 is 9.53 Å². The summed E-state index contributed by atoms with van der Waals surface area (Å²) in [6.45, 7) is 7.06. The zero-order chi connectivity index (χ0) is 18.5. The first-order chi connectivity index (χ1) is 12.5. The molecule has 1 fully saturated rings. The second-order valence-electron chi connectivity index (χ2n) is 6.15. The van der Waals surface area contributed by atoms with Gasteiger partial charge in [0.25, 0.3) is 0 Å². The van der Waals surface area contributed by atoms with Gasteiger partial charge < -0.3 is 20.3 Å². The minimum Gasteiger partial charge on any atom is -0.378 e. The molecule has 0 aliphatic carbocycles. The van der Waals surface area contributed by atoms with Crippen molar-refractivity contribution in [3.63, 3.8) is 0 Å². The Morgan fingerprint density at radius 3 is 2.73 bits per heavy atom. The third kappa shape index (κ3) is 4.83. The van der Waals surface area contributed by atoms with Crippen LogP contribution in [0.1, 0.15) is 17.1 Å². The van der Waals surface area contributed by atoms with Crippen molar-refractivity contribution in [3.8, 4) is 0 Å². The maximum atomic E-state index is 12.1. The Kier molecular flexibility index (Phi) is 5.90. The molecule has 3 rings (SSSR count). The molecule has 0 unspecified atom stereocenters. The van der Waals surface area contributed by atoms with Gasteiger partial charge in [0.15, 0.2) is 0 Å². The zero-order valence-corrected chi connectivity index (χ0v) is 15.6. The molecule has 0 radical (unpaired) electrons. The number of nitrogens with zero attached hydrogens (tertiary/aromatic N) is 3. The second-order valence-corrected chi connectivity index (χ2v) is 6.56. The Morgan fingerprint density at radius 2 is 2.00 bits per heavy atom. The summed E-state index contributed by atoms with van der Waals surface area (Å²) in [6.07, 6.45) is 0. The fourth-order valence-corrected chi connectivity index (χ4v) is 2.83. The van der Waals surface area contributed by atoms with Gasteiger partial charge in [-0.3, -0.25) is 0 Å². The van der Waals surface area contributed by atoms with Crippen molar-refractivity contribution in [1.29, 1.82) is 0 Å². The number of aryl methyl sites for hydroxylation is 2. The standard InChI is InChI=1S/C18H22ClN5O2/c1-12-3-4-14(10-15(12)19)22-18(25)20-11-16-21-13(2)9-17(23-16)24-5-7-26-8-6-24/h3-4,9-10H,5-8,11H2,1-2H3,(H2,20,22,25). The molecule has 1 saturated heterocycles. The van der Waals surface area contributed by atoms with Crippen molar-refractivity contribution in [2.45, 2.75) is 20.4 Å². The number of aromatic nitrogens is 2. The first kappa shape index (κ1) is 18.4. The van der Waals surface area contributed by atoms with E-state index in [0.717, 1.165) is 30.2 Å². The van der Waals surface area contributed by atoms with Crippen LogP contribution in [-0.2, 0) is 11.3 Å². The number of nitrogens with one attached hydrogen (secondary N) is 2. The second kappa shape index (κ2) is 8.33. The monoisotopic (exact) mass is 375 g/mol. The third-order valence-corrected chi connectivity index (χ3v) is 4.47. The quantitative estimate of drug-likeness (QED) is 0.858. The summed E-state index contributed by atoms with van der Waals surface area (Å²) in [6, 6.07) is 7.00. The summed E-state index contributed by atoms with van der Waals surface area (Å²) in [5.74, 6) is 1.44. The molecule has 2 N–H and O–H groups in total. The van der Waals surface area contributed by atoms with Crippen molar-refractivity contribution in [2.75, 3.05) is 36.5 Å². The summed E-state index contributed by atoms with van der Waals surface area (Å²) in [5, 5.41) is 6.14. The Hall–Kier alpha value is -2.38. The number of carbonyl (C=O) groups is 1. The highest BCUT2D eigenvalue weighted by atomic mass is 35.5. The number of hydrogen-bond acceptors (Lipinski definition) is 5. The van der Waals surface area contributed by atoms with Crippen molar-refractivity contribution in [1.82, 2.24) is 15.3 Å². The summed E-state index contributed by atoms with van der Waals surface area (Å²) in [7, 11) is 0. The Labute approximate surface area is 157 Å². The molecule has 1 aliphatic heterocycles. The molecule has 8 heteroatoms. The molecule has 2 heterocycles. The highest BCUT2D eigenvalue weighted by Crippen LogP contribution is 2.20. The number of urea groups is 1. The molecule has 2 amide bonds.